The minimum Gasteiger partial charge on any atom is -0.492 e. The van der Waals surface area contributed by atoms with Crippen molar-refractivity contribution >= 4 is 33.3 Å². The van der Waals surface area contributed by atoms with Crippen molar-refractivity contribution in [3.8, 4) is 5.75 Å². The molecule has 0 radical (unpaired) electrons. The van der Waals surface area contributed by atoms with Gasteiger partial charge >= 0.3 is 0 Å². The number of hydrogen-bond acceptors (Lipinski definition) is 5. The molecule has 1 N–H and O–H groups in total. The van der Waals surface area contributed by atoms with Gasteiger partial charge < -0.3 is 15.0 Å². The molecular formula is C26H24BrN5O2. The Bertz CT molecular complexity index is 1360. The number of fused-ring (bicyclic) bond motifs is 3. The molecule has 4 aromatic rings. The number of likely N-dealkylation sites (tertiary alicyclic amines) is 1. The number of aromatic nitrogens is 3. The third-order valence-electron chi connectivity index (χ3n) is 6.94. The summed E-state index contributed by atoms with van der Waals surface area (Å²) in [5.74, 6) is 1.67. The first kappa shape index (κ1) is 21.2. The van der Waals surface area contributed by atoms with Gasteiger partial charge in [0.2, 0.25) is 0 Å². The number of benzene rings is 2. The Morgan fingerprint density at radius 2 is 1.85 bits per heavy atom. The Balaban J connectivity index is 1.17. The normalized spacial score (nSPS) is 16.4. The molecular weight excluding hydrogens is 494 g/mol. The smallest absolute Gasteiger partial charge is 0.256 e. The van der Waals surface area contributed by atoms with E-state index in [9.17, 15) is 4.79 Å². The quantitative estimate of drug-likeness (QED) is 0.425. The van der Waals surface area contributed by atoms with Crippen LogP contribution in [-0.2, 0) is 12.0 Å². The van der Waals surface area contributed by atoms with Gasteiger partial charge in [0.05, 0.1) is 12.2 Å². The van der Waals surface area contributed by atoms with E-state index in [4.69, 9.17) is 4.74 Å². The highest BCUT2D eigenvalue weighted by Gasteiger charge is 2.43. The van der Waals surface area contributed by atoms with Crippen LogP contribution in [0.5, 0.6) is 5.75 Å². The van der Waals surface area contributed by atoms with Crippen molar-refractivity contribution in [2.24, 2.45) is 0 Å². The number of nitrogens with zero attached hydrogens (tertiary/aromatic N) is 4. The van der Waals surface area contributed by atoms with E-state index in [-0.39, 0.29) is 11.3 Å². The second kappa shape index (κ2) is 8.43. The van der Waals surface area contributed by atoms with E-state index in [1.54, 1.807) is 16.9 Å². The van der Waals surface area contributed by atoms with Crippen LogP contribution in [0, 0.1) is 0 Å². The van der Waals surface area contributed by atoms with Gasteiger partial charge in [0, 0.05) is 43.0 Å². The lowest BCUT2D eigenvalue weighted by atomic mass is 9.74. The predicted molar refractivity (Wildman–Crippen MR) is 133 cm³/mol. The van der Waals surface area contributed by atoms with Crippen LogP contribution in [0.2, 0.25) is 0 Å². The minimum absolute atomic E-state index is 0.0122. The van der Waals surface area contributed by atoms with Crippen molar-refractivity contribution < 1.29 is 9.53 Å². The molecule has 7 nitrogen and oxygen atoms in total. The zero-order chi connectivity index (χ0) is 23.1. The van der Waals surface area contributed by atoms with Crippen LogP contribution >= 0.6 is 15.9 Å². The van der Waals surface area contributed by atoms with Crippen LogP contribution in [0.4, 0.5) is 5.82 Å². The van der Waals surface area contributed by atoms with Gasteiger partial charge in [-0.1, -0.05) is 48.5 Å². The molecule has 1 amide bonds. The summed E-state index contributed by atoms with van der Waals surface area (Å²) in [5, 5.41) is 7.95. The number of halogens is 1. The number of amides is 1. The maximum Gasteiger partial charge on any atom is 0.256 e. The third kappa shape index (κ3) is 3.62. The molecule has 8 heteroatoms. The summed E-state index contributed by atoms with van der Waals surface area (Å²) < 4.78 is 8.39. The van der Waals surface area contributed by atoms with Crippen molar-refractivity contribution in [3.05, 3.63) is 88.2 Å². The molecule has 1 fully saturated rings. The molecule has 0 bridgehead atoms. The highest BCUT2D eigenvalue weighted by molar-refractivity contribution is 9.10. The number of nitrogens with one attached hydrogen (secondary N) is 1. The van der Waals surface area contributed by atoms with Crippen molar-refractivity contribution in [1.29, 1.82) is 0 Å². The largest absolute Gasteiger partial charge is 0.492 e. The fourth-order valence-corrected chi connectivity index (χ4v) is 5.47. The average molecular weight is 518 g/mol. The Labute approximate surface area is 205 Å². The molecule has 4 heterocycles. The molecule has 6 rings (SSSR count). The molecule has 172 valence electrons. The molecule has 0 saturated carbocycles. The highest BCUT2D eigenvalue weighted by atomic mass is 79.9. The van der Waals surface area contributed by atoms with Crippen LogP contribution in [0.15, 0.2) is 71.5 Å². The molecule has 0 aliphatic carbocycles. The monoisotopic (exact) mass is 517 g/mol. The Kier molecular flexibility index (Phi) is 5.25. The van der Waals surface area contributed by atoms with Crippen molar-refractivity contribution in [3.63, 3.8) is 0 Å². The maximum absolute atomic E-state index is 13.3. The topological polar surface area (TPSA) is 71.8 Å². The fourth-order valence-electron chi connectivity index (χ4n) is 4.97. The molecule has 1 spiro atoms. The number of hydrogen-bond donors (Lipinski definition) is 1. The number of carbonyl (C=O) groups is 1. The van der Waals surface area contributed by atoms with Crippen LogP contribution in [0.3, 0.4) is 0 Å². The molecule has 2 aromatic heterocycles. The summed E-state index contributed by atoms with van der Waals surface area (Å²) in [4.78, 5) is 19.7. The van der Waals surface area contributed by atoms with Gasteiger partial charge in [0.15, 0.2) is 11.5 Å². The molecule has 0 unspecified atom stereocenters. The SMILES string of the molecule is O=C(c1cnc2c(Br)c(NCc3ccccc3)nn2c1)N1CCC2(CC1)COc1ccccc12. The molecule has 34 heavy (non-hydrogen) atoms. The fraction of sp³-hybridized carbons (Fsp3) is 0.269. The van der Waals surface area contributed by atoms with Crippen LogP contribution < -0.4 is 10.1 Å². The second-order valence-corrected chi connectivity index (χ2v) is 9.76. The lowest BCUT2D eigenvalue weighted by Crippen LogP contribution is -2.46. The Hall–Kier alpha value is -3.39. The zero-order valence-electron chi connectivity index (χ0n) is 18.6. The first-order chi connectivity index (χ1) is 16.6. The van der Waals surface area contributed by atoms with E-state index < -0.39 is 0 Å². The van der Waals surface area contributed by atoms with Crippen molar-refractivity contribution in [2.75, 3.05) is 25.0 Å². The summed E-state index contributed by atoms with van der Waals surface area (Å²) in [6.45, 7) is 2.74. The lowest BCUT2D eigenvalue weighted by molar-refractivity contribution is 0.0645. The van der Waals surface area contributed by atoms with Crippen molar-refractivity contribution in [1.82, 2.24) is 19.5 Å². The Morgan fingerprint density at radius 1 is 1.09 bits per heavy atom. The summed E-state index contributed by atoms with van der Waals surface area (Å²) >= 11 is 3.60. The summed E-state index contributed by atoms with van der Waals surface area (Å²) in [6.07, 6.45) is 5.20. The van der Waals surface area contributed by atoms with E-state index in [0.717, 1.165) is 28.6 Å². The number of ether oxygens (including phenoxy) is 1. The van der Waals surface area contributed by atoms with Gasteiger partial charge in [0.25, 0.3) is 5.91 Å². The van der Waals surface area contributed by atoms with E-state index in [0.29, 0.717) is 43.3 Å². The van der Waals surface area contributed by atoms with Gasteiger partial charge in [-0.2, -0.15) is 0 Å². The number of rotatable bonds is 4. The third-order valence-corrected chi connectivity index (χ3v) is 7.67. The van der Waals surface area contributed by atoms with E-state index in [1.807, 2.05) is 35.2 Å². The number of para-hydroxylation sites is 1. The highest BCUT2D eigenvalue weighted by Crippen LogP contribution is 2.45. The summed E-state index contributed by atoms with van der Waals surface area (Å²) in [7, 11) is 0. The summed E-state index contributed by atoms with van der Waals surface area (Å²) in [6, 6.07) is 18.4. The average Bonchev–Trinajstić information content (AvgIpc) is 3.40. The van der Waals surface area contributed by atoms with Crippen LogP contribution in [0.25, 0.3) is 5.65 Å². The summed E-state index contributed by atoms with van der Waals surface area (Å²) in [5.41, 5.74) is 3.66. The number of carbonyl (C=O) groups excluding carboxylic acids is 1. The van der Waals surface area contributed by atoms with Crippen LogP contribution in [0.1, 0.15) is 34.3 Å². The zero-order valence-corrected chi connectivity index (χ0v) is 20.2. The van der Waals surface area contributed by atoms with E-state index >= 15 is 0 Å². The standard InChI is InChI=1S/C26H24BrN5O2/c27-22-23(28-14-18-6-2-1-3-7-18)30-32-16-19(15-29-24(22)32)25(33)31-12-10-26(11-13-31)17-34-21-9-5-4-8-20(21)26/h1-9,15-16H,10-14,17H2,(H,28,30). The number of piperidine rings is 1. The van der Waals surface area contributed by atoms with Gasteiger partial charge in [0.1, 0.15) is 10.2 Å². The van der Waals surface area contributed by atoms with Gasteiger partial charge in [-0.25, -0.2) is 9.50 Å². The van der Waals surface area contributed by atoms with Gasteiger partial charge in [-0.3, -0.25) is 4.79 Å². The molecule has 2 aliphatic rings. The first-order valence-electron chi connectivity index (χ1n) is 11.5. The van der Waals surface area contributed by atoms with Crippen molar-refractivity contribution in [2.45, 2.75) is 24.8 Å². The molecule has 0 atom stereocenters. The predicted octanol–water partition coefficient (Wildman–Crippen LogP) is 4.67. The van der Waals surface area contributed by atoms with E-state index in [2.05, 4.69) is 55.6 Å². The molecule has 2 aliphatic heterocycles. The molecule has 2 aromatic carbocycles. The van der Waals surface area contributed by atoms with E-state index in [1.165, 1.54) is 5.56 Å². The van der Waals surface area contributed by atoms with Gasteiger partial charge in [-0.05, 0) is 40.4 Å². The second-order valence-electron chi connectivity index (χ2n) is 8.97. The maximum atomic E-state index is 13.3. The Morgan fingerprint density at radius 3 is 2.68 bits per heavy atom. The molecule has 1 saturated heterocycles. The van der Waals surface area contributed by atoms with Crippen LogP contribution in [-0.4, -0.2) is 45.1 Å². The first-order valence-corrected chi connectivity index (χ1v) is 12.3. The number of anilines is 1. The van der Waals surface area contributed by atoms with Gasteiger partial charge in [-0.15, -0.1) is 5.10 Å². The minimum atomic E-state index is -0.0122. The lowest BCUT2D eigenvalue weighted by Gasteiger charge is -2.38.